The Balaban J connectivity index is 2.24. The minimum absolute atomic E-state index is 0.206. The minimum Gasteiger partial charge on any atom is -0.468 e. The van der Waals surface area contributed by atoms with Gasteiger partial charge >= 0.3 is 5.97 Å². The third kappa shape index (κ3) is 5.08. The molecule has 0 bridgehead atoms. The summed E-state index contributed by atoms with van der Waals surface area (Å²) in [4.78, 5) is 11.6. The van der Waals surface area contributed by atoms with Crippen molar-refractivity contribution in [1.29, 1.82) is 0 Å². The maximum atomic E-state index is 11.6. The highest BCUT2D eigenvalue weighted by Gasteiger charge is 2.31. The van der Waals surface area contributed by atoms with Crippen LogP contribution in [-0.2, 0) is 9.53 Å². The number of esters is 1. The number of carbonyl (C=O) groups is 1. The lowest BCUT2D eigenvalue weighted by Crippen LogP contribution is -2.48. The van der Waals surface area contributed by atoms with Gasteiger partial charge in [-0.05, 0) is 33.7 Å². The molecule has 0 spiro atoms. The van der Waals surface area contributed by atoms with Crippen LogP contribution in [0.2, 0.25) is 0 Å². The number of thioether (sulfide) groups is 1. The molecule has 1 N–H and O–H groups in total. The highest BCUT2D eigenvalue weighted by atomic mass is 32.2. The Morgan fingerprint density at radius 2 is 2.21 bits per heavy atom. The van der Waals surface area contributed by atoms with Crippen LogP contribution in [-0.4, -0.2) is 41.6 Å². The Labute approximate surface area is 122 Å². The number of nitrogens with one attached hydrogen (secondary N) is 1. The van der Waals surface area contributed by atoms with Crippen molar-refractivity contribution in [1.82, 2.24) is 15.5 Å². The zero-order valence-electron chi connectivity index (χ0n) is 11.9. The number of likely N-dealkylation sites (N-methyl/N-ethyl adjacent to an activating group) is 1. The third-order valence-corrected chi connectivity index (χ3v) is 5.05. The minimum atomic E-state index is -0.585. The predicted octanol–water partition coefficient (Wildman–Crippen LogP) is 2.26. The number of nitrogens with zero attached hydrogens (tertiary/aromatic N) is 2. The van der Waals surface area contributed by atoms with Gasteiger partial charge in [-0.3, -0.25) is 4.79 Å². The van der Waals surface area contributed by atoms with E-state index in [2.05, 4.69) is 15.5 Å². The average Bonchev–Trinajstić information content (AvgIpc) is 2.82. The quantitative estimate of drug-likeness (QED) is 0.451. The molecule has 0 aliphatic rings. The van der Waals surface area contributed by atoms with Crippen molar-refractivity contribution in [2.75, 3.05) is 19.9 Å². The SMILES string of the molecule is CNC(C)(CCCCSc1nnc(C)s1)C(=O)OC. The number of hydrogen-bond acceptors (Lipinski definition) is 7. The summed E-state index contributed by atoms with van der Waals surface area (Å²) in [6.07, 6.45) is 2.78. The Morgan fingerprint density at radius 1 is 1.47 bits per heavy atom. The van der Waals surface area contributed by atoms with Crippen molar-refractivity contribution >= 4 is 29.1 Å². The van der Waals surface area contributed by atoms with Gasteiger partial charge in [0.25, 0.3) is 0 Å². The van der Waals surface area contributed by atoms with Gasteiger partial charge in [0, 0.05) is 5.75 Å². The molecule has 1 aromatic rings. The number of aryl methyl sites for hydroxylation is 1. The van der Waals surface area contributed by atoms with Crippen LogP contribution < -0.4 is 5.32 Å². The first-order chi connectivity index (χ1) is 9.01. The molecule has 1 rings (SSSR count). The first-order valence-electron chi connectivity index (χ1n) is 6.22. The largest absolute Gasteiger partial charge is 0.468 e. The highest BCUT2D eigenvalue weighted by molar-refractivity contribution is 8.01. The zero-order valence-corrected chi connectivity index (χ0v) is 13.5. The summed E-state index contributed by atoms with van der Waals surface area (Å²) in [5, 5.41) is 12.1. The van der Waals surface area contributed by atoms with Gasteiger partial charge in [0.1, 0.15) is 10.5 Å². The van der Waals surface area contributed by atoms with Crippen molar-refractivity contribution in [3.05, 3.63) is 5.01 Å². The Hall–Kier alpha value is -0.660. The Morgan fingerprint density at radius 3 is 2.74 bits per heavy atom. The lowest BCUT2D eigenvalue weighted by atomic mass is 9.95. The second-order valence-electron chi connectivity index (χ2n) is 4.47. The van der Waals surface area contributed by atoms with E-state index in [-0.39, 0.29) is 5.97 Å². The number of carbonyl (C=O) groups excluding carboxylic acids is 1. The van der Waals surface area contributed by atoms with E-state index in [0.29, 0.717) is 0 Å². The molecule has 0 saturated heterocycles. The van der Waals surface area contributed by atoms with Crippen LogP contribution in [0.1, 0.15) is 31.2 Å². The molecular formula is C12H21N3O2S2. The molecule has 5 nitrogen and oxygen atoms in total. The standard InChI is InChI=1S/C12H21N3O2S2/c1-9-14-15-11(19-9)18-8-6-5-7-12(2,13-3)10(16)17-4/h13H,5-8H2,1-4H3. The third-order valence-electron chi connectivity index (χ3n) is 2.99. The van der Waals surface area contributed by atoms with E-state index in [4.69, 9.17) is 4.74 Å². The van der Waals surface area contributed by atoms with Gasteiger partial charge in [0.2, 0.25) is 0 Å². The predicted molar refractivity (Wildman–Crippen MR) is 78.7 cm³/mol. The summed E-state index contributed by atoms with van der Waals surface area (Å²) in [6, 6.07) is 0. The van der Waals surface area contributed by atoms with E-state index in [0.717, 1.165) is 34.4 Å². The molecule has 108 valence electrons. The smallest absolute Gasteiger partial charge is 0.325 e. The van der Waals surface area contributed by atoms with E-state index >= 15 is 0 Å². The van der Waals surface area contributed by atoms with Gasteiger partial charge in [-0.1, -0.05) is 29.5 Å². The van der Waals surface area contributed by atoms with Crippen LogP contribution >= 0.6 is 23.1 Å². The van der Waals surface area contributed by atoms with Crippen molar-refractivity contribution in [3.8, 4) is 0 Å². The first-order valence-corrected chi connectivity index (χ1v) is 8.02. The summed E-state index contributed by atoms with van der Waals surface area (Å²) in [7, 11) is 3.21. The lowest BCUT2D eigenvalue weighted by molar-refractivity contribution is -0.148. The van der Waals surface area contributed by atoms with Gasteiger partial charge in [0.15, 0.2) is 4.34 Å². The molecule has 19 heavy (non-hydrogen) atoms. The van der Waals surface area contributed by atoms with Crippen LogP contribution in [0.5, 0.6) is 0 Å². The Bertz CT molecular complexity index is 411. The molecule has 0 radical (unpaired) electrons. The first kappa shape index (κ1) is 16.4. The zero-order chi connectivity index (χ0) is 14.3. The van der Waals surface area contributed by atoms with Gasteiger partial charge < -0.3 is 10.1 Å². The van der Waals surface area contributed by atoms with Gasteiger partial charge in [-0.25, -0.2) is 0 Å². The molecule has 0 aliphatic carbocycles. The van der Waals surface area contributed by atoms with E-state index in [1.165, 1.54) is 7.11 Å². The number of rotatable bonds is 8. The number of aromatic nitrogens is 2. The molecule has 0 fully saturated rings. The summed E-state index contributed by atoms with van der Waals surface area (Å²) >= 11 is 3.34. The number of methoxy groups -OCH3 is 1. The summed E-state index contributed by atoms with van der Waals surface area (Å²) in [5.74, 6) is 0.790. The lowest BCUT2D eigenvalue weighted by Gasteiger charge is -2.25. The summed E-state index contributed by atoms with van der Waals surface area (Å²) in [5.41, 5.74) is -0.585. The molecule has 1 aromatic heterocycles. The number of ether oxygens (including phenoxy) is 1. The van der Waals surface area contributed by atoms with Crippen LogP contribution in [0, 0.1) is 6.92 Å². The molecule has 7 heteroatoms. The molecule has 1 unspecified atom stereocenters. The normalized spacial score (nSPS) is 14.1. The van der Waals surface area contributed by atoms with Gasteiger partial charge in [0.05, 0.1) is 7.11 Å². The fourth-order valence-electron chi connectivity index (χ4n) is 1.63. The van der Waals surface area contributed by atoms with Crippen LogP contribution in [0.4, 0.5) is 0 Å². The van der Waals surface area contributed by atoms with E-state index in [9.17, 15) is 4.79 Å². The summed E-state index contributed by atoms with van der Waals surface area (Å²) in [6.45, 7) is 3.83. The fourth-order valence-corrected chi connectivity index (χ4v) is 3.52. The average molecular weight is 303 g/mol. The second kappa shape index (κ2) is 7.81. The van der Waals surface area contributed by atoms with Crippen molar-refractivity contribution in [2.24, 2.45) is 0 Å². The van der Waals surface area contributed by atoms with E-state index < -0.39 is 5.54 Å². The second-order valence-corrected chi connectivity index (χ2v) is 6.99. The molecule has 0 amide bonds. The monoisotopic (exact) mass is 303 g/mol. The van der Waals surface area contributed by atoms with Gasteiger partial charge in [-0.2, -0.15) is 0 Å². The molecule has 0 saturated carbocycles. The number of hydrogen-bond donors (Lipinski definition) is 1. The van der Waals surface area contributed by atoms with Crippen LogP contribution in [0.3, 0.4) is 0 Å². The molecule has 0 aliphatic heterocycles. The topological polar surface area (TPSA) is 64.1 Å². The van der Waals surface area contributed by atoms with Crippen LogP contribution in [0.25, 0.3) is 0 Å². The number of unbranched alkanes of at least 4 members (excludes halogenated alkanes) is 1. The van der Waals surface area contributed by atoms with Crippen molar-refractivity contribution < 1.29 is 9.53 Å². The van der Waals surface area contributed by atoms with E-state index in [1.807, 2.05) is 13.8 Å². The van der Waals surface area contributed by atoms with Gasteiger partial charge in [-0.15, -0.1) is 10.2 Å². The Kier molecular flexibility index (Phi) is 6.74. The molecule has 1 atom stereocenters. The van der Waals surface area contributed by atoms with Crippen LogP contribution in [0.15, 0.2) is 4.34 Å². The maximum absolute atomic E-state index is 11.6. The molecule has 0 aromatic carbocycles. The highest BCUT2D eigenvalue weighted by Crippen LogP contribution is 2.24. The van der Waals surface area contributed by atoms with Crippen molar-refractivity contribution in [3.63, 3.8) is 0 Å². The fraction of sp³-hybridized carbons (Fsp3) is 0.750. The molecule has 1 heterocycles. The maximum Gasteiger partial charge on any atom is 0.325 e. The van der Waals surface area contributed by atoms with Crippen molar-refractivity contribution in [2.45, 2.75) is 43.0 Å². The van der Waals surface area contributed by atoms with E-state index in [1.54, 1.807) is 30.1 Å². The summed E-state index contributed by atoms with van der Waals surface area (Å²) < 4.78 is 5.83. The molecular weight excluding hydrogens is 282 g/mol.